The van der Waals surface area contributed by atoms with E-state index in [9.17, 15) is 4.79 Å². The first-order chi connectivity index (χ1) is 8.09. The van der Waals surface area contributed by atoms with Gasteiger partial charge in [0.2, 0.25) is 0 Å². The van der Waals surface area contributed by atoms with Gasteiger partial charge in [-0.2, -0.15) is 0 Å². The smallest absolute Gasteiger partial charge is 0.305 e. The van der Waals surface area contributed by atoms with Crippen molar-refractivity contribution in [2.75, 3.05) is 18.9 Å². The molecule has 1 N–H and O–H groups in total. The molecule has 4 nitrogen and oxygen atoms in total. The first kappa shape index (κ1) is 14.4. The van der Waals surface area contributed by atoms with E-state index in [1.807, 2.05) is 6.92 Å². The molecule has 1 rings (SSSR count). The zero-order chi connectivity index (χ0) is 12.7. The molecule has 1 unspecified atom stereocenters. The van der Waals surface area contributed by atoms with Crippen LogP contribution in [0.5, 0.6) is 0 Å². The molecule has 98 valence electrons. The predicted octanol–water partition coefficient (Wildman–Crippen LogP) is 2.19. The highest BCUT2D eigenvalue weighted by atomic mass is 32.2. The Hall–Kier alpha value is -0.710. The fourth-order valence-corrected chi connectivity index (χ4v) is 2.70. The van der Waals surface area contributed by atoms with Gasteiger partial charge in [-0.15, -0.1) is 0 Å². The maximum Gasteiger partial charge on any atom is 0.305 e. The van der Waals surface area contributed by atoms with Gasteiger partial charge >= 0.3 is 5.97 Å². The van der Waals surface area contributed by atoms with E-state index in [0.717, 1.165) is 23.8 Å². The molecule has 1 heterocycles. The molecule has 0 aromatic rings. The Balaban J connectivity index is 2.20. The molecule has 0 amide bonds. The minimum absolute atomic E-state index is 0.127. The van der Waals surface area contributed by atoms with Gasteiger partial charge in [0.25, 0.3) is 0 Å². The fraction of sp³-hybridized carbons (Fsp3) is 0.833. The number of hydrogen-bond donors (Lipinski definition) is 1. The molecule has 0 aromatic heterocycles. The van der Waals surface area contributed by atoms with Gasteiger partial charge in [-0.1, -0.05) is 18.7 Å². The zero-order valence-electron chi connectivity index (χ0n) is 10.9. The van der Waals surface area contributed by atoms with E-state index in [1.165, 1.54) is 0 Å². The van der Waals surface area contributed by atoms with Crippen LogP contribution in [0.1, 0.15) is 40.0 Å². The molecule has 0 aromatic carbocycles. The maximum absolute atomic E-state index is 11.1. The third kappa shape index (κ3) is 4.98. The summed E-state index contributed by atoms with van der Waals surface area (Å²) in [5.41, 5.74) is 0.185. The molecule has 1 aliphatic rings. The largest absolute Gasteiger partial charge is 0.466 e. The number of esters is 1. The van der Waals surface area contributed by atoms with Crippen molar-refractivity contribution in [2.45, 2.75) is 45.6 Å². The second-order valence-corrected chi connectivity index (χ2v) is 5.39. The van der Waals surface area contributed by atoms with E-state index < -0.39 is 0 Å². The van der Waals surface area contributed by atoms with E-state index in [4.69, 9.17) is 4.74 Å². The van der Waals surface area contributed by atoms with Crippen LogP contribution < -0.4 is 5.32 Å². The number of thioether (sulfide) groups is 1. The SMILES string of the molecule is CCOC(=O)CCCN=C1NC(C)(CC)CS1. The Morgan fingerprint density at radius 3 is 2.94 bits per heavy atom. The minimum atomic E-state index is -0.127. The molecular formula is C12H22N2O2S. The first-order valence-corrected chi connectivity index (χ1v) is 7.19. The van der Waals surface area contributed by atoms with Crippen molar-refractivity contribution in [1.29, 1.82) is 0 Å². The molecular weight excluding hydrogens is 236 g/mol. The van der Waals surface area contributed by atoms with Crippen LogP contribution in [0.3, 0.4) is 0 Å². The highest BCUT2D eigenvalue weighted by Gasteiger charge is 2.30. The minimum Gasteiger partial charge on any atom is -0.466 e. The number of carbonyl (C=O) groups is 1. The number of amidine groups is 1. The van der Waals surface area contributed by atoms with Crippen molar-refractivity contribution in [1.82, 2.24) is 5.32 Å². The summed E-state index contributed by atoms with van der Waals surface area (Å²) in [5.74, 6) is 0.943. The van der Waals surface area contributed by atoms with Gasteiger partial charge in [-0.25, -0.2) is 0 Å². The number of hydrogen-bond acceptors (Lipinski definition) is 4. The van der Waals surface area contributed by atoms with Crippen molar-refractivity contribution in [2.24, 2.45) is 4.99 Å². The molecule has 1 atom stereocenters. The van der Waals surface area contributed by atoms with Crippen molar-refractivity contribution in [3.63, 3.8) is 0 Å². The summed E-state index contributed by atoms with van der Waals surface area (Å²) in [6.45, 7) is 7.36. The standard InChI is InChI=1S/C12H22N2O2S/c1-4-12(3)9-17-11(14-12)13-8-6-7-10(15)16-5-2/h4-9H2,1-3H3,(H,13,14). The molecule has 1 aliphatic heterocycles. The molecule has 0 radical (unpaired) electrons. The molecule has 1 saturated heterocycles. The summed E-state index contributed by atoms with van der Waals surface area (Å²) < 4.78 is 4.86. The average molecular weight is 258 g/mol. The lowest BCUT2D eigenvalue weighted by Crippen LogP contribution is -2.39. The monoisotopic (exact) mass is 258 g/mol. The molecule has 17 heavy (non-hydrogen) atoms. The van der Waals surface area contributed by atoms with Crippen LogP contribution in [0.4, 0.5) is 0 Å². The number of nitrogens with zero attached hydrogens (tertiary/aromatic N) is 1. The summed E-state index contributed by atoms with van der Waals surface area (Å²) >= 11 is 1.77. The molecule has 0 aliphatic carbocycles. The molecule has 5 heteroatoms. The third-order valence-electron chi connectivity index (χ3n) is 2.82. The van der Waals surface area contributed by atoms with Crippen LogP contribution >= 0.6 is 11.8 Å². The summed E-state index contributed by atoms with van der Waals surface area (Å²) in [6.07, 6.45) is 2.32. The zero-order valence-corrected chi connectivity index (χ0v) is 11.7. The Bertz CT molecular complexity index is 294. The molecule has 0 spiro atoms. The van der Waals surface area contributed by atoms with Crippen LogP contribution in [-0.4, -0.2) is 35.6 Å². The summed E-state index contributed by atoms with van der Waals surface area (Å²) in [7, 11) is 0. The highest BCUT2D eigenvalue weighted by molar-refractivity contribution is 8.14. The van der Waals surface area contributed by atoms with Crippen LogP contribution in [-0.2, 0) is 9.53 Å². The Morgan fingerprint density at radius 2 is 2.35 bits per heavy atom. The number of carbonyl (C=O) groups excluding carboxylic acids is 1. The van der Waals surface area contributed by atoms with Crippen molar-refractivity contribution in [3.8, 4) is 0 Å². The summed E-state index contributed by atoms with van der Waals surface area (Å²) in [4.78, 5) is 15.6. The van der Waals surface area contributed by atoms with Gasteiger partial charge in [-0.3, -0.25) is 9.79 Å². The predicted molar refractivity (Wildman–Crippen MR) is 72.5 cm³/mol. The second-order valence-electron chi connectivity index (χ2n) is 4.42. The summed E-state index contributed by atoms with van der Waals surface area (Å²) in [5, 5.41) is 4.44. The quantitative estimate of drug-likeness (QED) is 0.586. The topological polar surface area (TPSA) is 50.7 Å². The number of aliphatic imine (C=N–C) groups is 1. The van der Waals surface area contributed by atoms with Gasteiger partial charge in [0.1, 0.15) is 0 Å². The van der Waals surface area contributed by atoms with Gasteiger partial charge in [0.15, 0.2) is 5.17 Å². The van der Waals surface area contributed by atoms with Crippen molar-refractivity contribution >= 4 is 22.9 Å². The van der Waals surface area contributed by atoms with Gasteiger partial charge in [0, 0.05) is 24.3 Å². The molecule has 0 saturated carbocycles. The third-order valence-corrected chi connectivity index (χ3v) is 4.10. The first-order valence-electron chi connectivity index (χ1n) is 6.20. The van der Waals surface area contributed by atoms with E-state index in [-0.39, 0.29) is 11.5 Å². The number of ether oxygens (including phenoxy) is 1. The fourth-order valence-electron chi connectivity index (χ4n) is 1.47. The molecule has 0 bridgehead atoms. The van der Waals surface area contributed by atoms with Crippen LogP contribution in [0.25, 0.3) is 0 Å². The highest BCUT2D eigenvalue weighted by Crippen LogP contribution is 2.25. The van der Waals surface area contributed by atoms with E-state index >= 15 is 0 Å². The van der Waals surface area contributed by atoms with E-state index in [0.29, 0.717) is 19.6 Å². The average Bonchev–Trinajstić information content (AvgIpc) is 2.68. The van der Waals surface area contributed by atoms with Gasteiger partial charge < -0.3 is 10.1 Å². The number of rotatable bonds is 6. The maximum atomic E-state index is 11.1. The molecule has 1 fully saturated rings. The Kier molecular flexibility index (Phi) is 5.82. The normalized spacial score (nSPS) is 25.9. The van der Waals surface area contributed by atoms with E-state index in [1.54, 1.807) is 11.8 Å². The van der Waals surface area contributed by atoms with Crippen molar-refractivity contribution in [3.05, 3.63) is 0 Å². The van der Waals surface area contributed by atoms with Crippen LogP contribution in [0, 0.1) is 0 Å². The lowest BCUT2D eigenvalue weighted by atomic mass is 10.0. The lowest BCUT2D eigenvalue weighted by molar-refractivity contribution is -0.143. The second kappa shape index (κ2) is 6.89. The Labute approximate surface area is 108 Å². The van der Waals surface area contributed by atoms with E-state index in [2.05, 4.69) is 24.2 Å². The van der Waals surface area contributed by atoms with Gasteiger partial charge in [-0.05, 0) is 26.7 Å². The van der Waals surface area contributed by atoms with Crippen molar-refractivity contribution < 1.29 is 9.53 Å². The van der Waals surface area contributed by atoms with Crippen LogP contribution in [0.15, 0.2) is 4.99 Å². The van der Waals surface area contributed by atoms with Crippen LogP contribution in [0.2, 0.25) is 0 Å². The Morgan fingerprint density at radius 1 is 1.59 bits per heavy atom. The number of nitrogens with one attached hydrogen (secondary N) is 1. The summed E-state index contributed by atoms with van der Waals surface area (Å²) in [6, 6.07) is 0. The lowest BCUT2D eigenvalue weighted by Gasteiger charge is -2.20. The van der Waals surface area contributed by atoms with Gasteiger partial charge in [0.05, 0.1) is 6.61 Å².